The molecule has 36 heavy (non-hydrogen) atoms. The SMILES string of the molecule is CCCc1c2c(c(O)c3c(=O)cc(C(=O)Nc4ccc(Cc5sc(=O)[nH]c5O)cc4)oc13)CCCC2. The molecule has 0 saturated heterocycles. The average molecular weight is 507 g/mol. The fourth-order valence-electron chi connectivity index (χ4n) is 4.90. The number of nitrogens with one attached hydrogen (secondary N) is 2. The monoisotopic (exact) mass is 506 g/mol. The number of fused-ring (bicyclic) bond motifs is 2. The van der Waals surface area contributed by atoms with E-state index >= 15 is 0 Å². The standard InChI is InChI=1S/C27H26N2O6S/c1-2-5-18-16-6-3-4-7-17(16)23(31)22-19(30)13-20(35-24(18)22)25(32)28-15-10-8-14(9-11-15)12-21-26(33)29-27(34)36-21/h8-11,13,31,33H,2-7,12H2,1H3,(H,28,32)(H,29,34). The average Bonchev–Trinajstić information content (AvgIpc) is 3.18. The Kier molecular flexibility index (Phi) is 6.40. The Labute approximate surface area is 210 Å². The van der Waals surface area contributed by atoms with Crippen LogP contribution < -0.4 is 15.6 Å². The molecule has 0 radical (unpaired) electrons. The summed E-state index contributed by atoms with van der Waals surface area (Å²) >= 11 is 0.947. The smallest absolute Gasteiger partial charge is 0.307 e. The third kappa shape index (κ3) is 4.42. The third-order valence-electron chi connectivity index (χ3n) is 6.58. The zero-order valence-electron chi connectivity index (χ0n) is 19.8. The van der Waals surface area contributed by atoms with Crippen molar-refractivity contribution < 1.29 is 19.4 Å². The van der Waals surface area contributed by atoms with E-state index < -0.39 is 11.3 Å². The fraction of sp³-hybridized carbons (Fsp3) is 0.296. The van der Waals surface area contributed by atoms with Gasteiger partial charge in [0.2, 0.25) is 5.88 Å². The molecule has 8 nitrogen and oxygen atoms in total. The largest absolute Gasteiger partial charge is 0.507 e. The van der Waals surface area contributed by atoms with Gasteiger partial charge in [-0.3, -0.25) is 19.4 Å². The molecule has 0 bridgehead atoms. The van der Waals surface area contributed by atoms with Gasteiger partial charge in [0, 0.05) is 18.2 Å². The summed E-state index contributed by atoms with van der Waals surface area (Å²) in [7, 11) is 0. The number of hydrogen-bond donors (Lipinski definition) is 4. The molecule has 4 aromatic rings. The van der Waals surface area contributed by atoms with Crippen molar-refractivity contribution in [2.24, 2.45) is 0 Å². The Morgan fingerprint density at radius 3 is 2.50 bits per heavy atom. The van der Waals surface area contributed by atoms with E-state index in [1.807, 2.05) is 6.92 Å². The minimum absolute atomic E-state index is 0.0191. The molecule has 2 aromatic carbocycles. The lowest BCUT2D eigenvalue weighted by molar-refractivity contribution is 0.0997. The fourth-order valence-corrected chi connectivity index (χ4v) is 5.66. The number of aromatic hydroxyl groups is 2. The number of carbonyl (C=O) groups excluding carboxylic acids is 1. The van der Waals surface area contributed by atoms with E-state index in [0.717, 1.165) is 71.8 Å². The Morgan fingerprint density at radius 1 is 1.11 bits per heavy atom. The lowest BCUT2D eigenvalue weighted by Crippen LogP contribution is -2.17. The highest BCUT2D eigenvalue weighted by Gasteiger charge is 2.25. The summed E-state index contributed by atoms with van der Waals surface area (Å²) in [5.41, 5.74) is 4.00. The van der Waals surface area contributed by atoms with Crippen LogP contribution in [-0.4, -0.2) is 21.1 Å². The molecule has 0 saturated carbocycles. The number of aromatic nitrogens is 1. The molecule has 1 aliphatic carbocycles. The highest BCUT2D eigenvalue weighted by Crippen LogP contribution is 2.39. The molecule has 0 fully saturated rings. The van der Waals surface area contributed by atoms with Crippen LogP contribution in [0, 0.1) is 0 Å². The van der Waals surface area contributed by atoms with Gasteiger partial charge in [0.15, 0.2) is 11.2 Å². The van der Waals surface area contributed by atoms with E-state index in [-0.39, 0.29) is 27.6 Å². The predicted octanol–water partition coefficient (Wildman–Crippen LogP) is 4.63. The van der Waals surface area contributed by atoms with Gasteiger partial charge < -0.3 is 19.9 Å². The van der Waals surface area contributed by atoms with E-state index in [1.54, 1.807) is 24.3 Å². The highest BCUT2D eigenvalue weighted by molar-refractivity contribution is 7.09. The van der Waals surface area contributed by atoms with Gasteiger partial charge in [-0.25, -0.2) is 0 Å². The molecule has 0 spiro atoms. The first-order valence-corrected chi connectivity index (χ1v) is 12.8. The summed E-state index contributed by atoms with van der Waals surface area (Å²) in [6, 6.07) is 8.08. The van der Waals surface area contributed by atoms with Crippen molar-refractivity contribution in [2.45, 2.75) is 51.9 Å². The number of carbonyl (C=O) groups is 1. The van der Waals surface area contributed by atoms with Gasteiger partial charge in [0.05, 0.1) is 4.88 Å². The first kappa shape index (κ1) is 23.9. The molecule has 0 atom stereocenters. The molecule has 5 rings (SSSR count). The lowest BCUT2D eigenvalue weighted by Gasteiger charge is -2.22. The van der Waals surface area contributed by atoms with E-state index in [2.05, 4.69) is 10.3 Å². The first-order chi connectivity index (χ1) is 17.4. The quantitative estimate of drug-likeness (QED) is 0.301. The van der Waals surface area contributed by atoms with Gasteiger partial charge >= 0.3 is 4.87 Å². The Morgan fingerprint density at radius 2 is 1.83 bits per heavy atom. The zero-order chi connectivity index (χ0) is 25.4. The third-order valence-corrected chi connectivity index (χ3v) is 7.45. The van der Waals surface area contributed by atoms with Crippen LogP contribution in [0.2, 0.25) is 0 Å². The molecule has 4 N–H and O–H groups in total. The van der Waals surface area contributed by atoms with E-state index in [0.29, 0.717) is 29.0 Å². The summed E-state index contributed by atoms with van der Waals surface area (Å²) in [6.07, 6.45) is 5.44. The van der Waals surface area contributed by atoms with Crippen LogP contribution in [0.5, 0.6) is 11.6 Å². The second-order valence-electron chi connectivity index (χ2n) is 9.03. The van der Waals surface area contributed by atoms with Crippen molar-refractivity contribution >= 4 is 33.9 Å². The van der Waals surface area contributed by atoms with E-state index in [4.69, 9.17) is 4.42 Å². The number of rotatable bonds is 6. The normalized spacial score (nSPS) is 13.0. The number of aromatic amines is 1. The maximum Gasteiger partial charge on any atom is 0.307 e. The highest BCUT2D eigenvalue weighted by atomic mass is 32.1. The van der Waals surface area contributed by atoms with Crippen molar-refractivity contribution in [3.8, 4) is 11.6 Å². The summed E-state index contributed by atoms with van der Waals surface area (Å²) in [4.78, 5) is 39.9. The second kappa shape index (κ2) is 9.66. The predicted molar refractivity (Wildman–Crippen MR) is 139 cm³/mol. The maximum atomic E-state index is 13.0. The number of phenols is 1. The lowest BCUT2D eigenvalue weighted by atomic mass is 9.84. The van der Waals surface area contributed by atoms with Crippen molar-refractivity contribution in [3.05, 3.63) is 83.1 Å². The molecule has 9 heteroatoms. The Hall–Kier alpha value is -3.85. The number of H-pyrrole nitrogens is 1. The number of benzene rings is 2. The number of hydrogen-bond acceptors (Lipinski definition) is 7. The van der Waals surface area contributed by atoms with Crippen molar-refractivity contribution in [1.29, 1.82) is 0 Å². The molecule has 2 heterocycles. The summed E-state index contributed by atoms with van der Waals surface area (Å²) in [5.74, 6) is -0.841. The maximum absolute atomic E-state index is 13.0. The van der Waals surface area contributed by atoms with Gasteiger partial charge in [-0.2, -0.15) is 0 Å². The molecule has 2 aromatic heterocycles. The number of phenolic OH excluding ortho intramolecular Hbond substituents is 1. The van der Waals surface area contributed by atoms with Gasteiger partial charge in [-0.15, -0.1) is 0 Å². The van der Waals surface area contributed by atoms with Crippen LogP contribution in [0.1, 0.15) is 63.9 Å². The van der Waals surface area contributed by atoms with Crippen molar-refractivity contribution in [2.75, 3.05) is 5.32 Å². The topological polar surface area (TPSA) is 133 Å². The molecule has 1 amide bonds. The first-order valence-electron chi connectivity index (χ1n) is 12.0. The number of anilines is 1. The van der Waals surface area contributed by atoms with E-state index in [1.165, 1.54) is 0 Å². The molecular weight excluding hydrogens is 480 g/mol. The van der Waals surface area contributed by atoms with Crippen molar-refractivity contribution in [3.63, 3.8) is 0 Å². The van der Waals surface area contributed by atoms with Crippen LogP contribution >= 0.6 is 11.3 Å². The molecule has 1 aliphatic rings. The van der Waals surface area contributed by atoms with Crippen LogP contribution in [0.4, 0.5) is 5.69 Å². The van der Waals surface area contributed by atoms with Crippen molar-refractivity contribution in [1.82, 2.24) is 4.98 Å². The summed E-state index contributed by atoms with van der Waals surface area (Å²) in [6.45, 7) is 2.05. The second-order valence-corrected chi connectivity index (χ2v) is 10.1. The van der Waals surface area contributed by atoms with Crippen LogP contribution in [0.15, 0.2) is 44.3 Å². The number of amides is 1. The van der Waals surface area contributed by atoms with Crippen LogP contribution in [0.3, 0.4) is 0 Å². The van der Waals surface area contributed by atoms with Gasteiger partial charge in [-0.05, 0) is 66.5 Å². The van der Waals surface area contributed by atoms with Gasteiger partial charge in [0.25, 0.3) is 5.91 Å². The summed E-state index contributed by atoms with van der Waals surface area (Å²) < 4.78 is 5.99. The Balaban J connectivity index is 1.44. The van der Waals surface area contributed by atoms with E-state index in [9.17, 15) is 24.6 Å². The number of aryl methyl sites for hydroxylation is 1. The zero-order valence-corrected chi connectivity index (χ0v) is 20.6. The van der Waals surface area contributed by atoms with Crippen LogP contribution in [-0.2, 0) is 25.7 Å². The molecular formula is C27H26N2O6S. The Bertz CT molecular complexity index is 1580. The molecule has 0 aliphatic heterocycles. The van der Waals surface area contributed by atoms with Gasteiger partial charge in [0.1, 0.15) is 16.7 Å². The molecule has 0 unspecified atom stereocenters. The van der Waals surface area contributed by atoms with Crippen LogP contribution in [0.25, 0.3) is 11.0 Å². The minimum Gasteiger partial charge on any atom is -0.507 e. The summed E-state index contributed by atoms with van der Waals surface area (Å²) in [5, 5.41) is 23.6. The number of thiazole rings is 1. The minimum atomic E-state index is -0.567. The molecule has 186 valence electrons. The van der Waals surface area contributed by atoms with Gasteiger partial charge in [-0.1, -0.05) is 36.8 Å².